The van der Waals surface area contributed by atoms with Gasteiger partial charge in [0, 0.05) is 11.2 Å². The van der Waals surface area contributed by atoms with Crippen LogP contribution >= 0.6 is 22.9 Å². The SMILES string of the molecule is CCOc1ccc(C2/C(=C(\O)c3nc4c(C)cccn4c3C)C(=O)C(=O)N2c2nc3ccc(Cl)cc3s2)cc1OCC. The molecule has 1 amide bonds. The summed E-state index contributed by atoms with van der Waals surface area (Å²) in [5.74, 6) is -1.03. The number of Topliss-reactive ketones (excluding diaryl/α,β-unsaturated/α-hetero) is 1. The number of aromatic nitrogens is 3. The number of pyridine rings is 1. The van der Waals surface area contributed by atoms with Crippen LogP contribution in [-0.4, -0.2) is 44.4 Å². The fraction of sp³-hybridized carbons (Fsp3) is 0.226. The van der Waals surface area contributed by atoms with E-state index in [1.807, 2.05) is 43.5 Å². The summed E-state index contributed by atoms with van der Waals surface area (Å²) in [6.07, 6.45) is 1.84. The molecule has 0 spiro atoms. The minimum atomic E-state index is -1.01. The number of ketones is 1. The Morgan fingerprint density at radius 3 is 2.52 bits per heavy atom. The molecule has 1 unspecified atom stereocenters. The highest BCUT2D eigenvalue weighted by Crippen LogP contribution is 2.46. The van der Waals surface area contributed by atoms with Gasteiger partial charge in [-0.2, -0.15) is 0 Å². The predicted molar refractivity (Wildman–Crippen MR) is 163 cm³/mol. The number of benzene rings is 2. The van der Waals surface area contributed by atoms with E-state index in [0.29, 0.717) is 57.3 Å². The molecule has 0 aliphatic carbocycles. The lowest BCUT2D eigenvalue weighted by molar-refractivity contribution is -0.132. The zero-order valence-electron chi connectivity index (χ0n) is 23.3. The first-order valence-corrected chi connectivity index (χ1v) is 14.6. The average Bonchev–Trinajstić information content (AvgIpc) is 3.62. The molecule has 0 saturated carbocycles. The van der Waals surface area contributed by atoms with Gasteiger partial charge in [-0.15, -0.1) is 0 Å². The van der Waals surface area contributed by atoms with Crippen molar-refractivity contribution in [1.29, 1.82) is 0 Å². The highest BCUT2D eigenvalue weighted by molar-refractivity contribution is 7.22. The molecule has 1 N–H and O–H groups in total. The summed E-state index contributed by atoms with van der Waals surface area (Å²) in [4.78, 5) is 38.2. The molecule has 0 radical (unpaired) electrons. The van der Waals surface area contributed by atoms with Gasteiger partial charge < -0.3 is 19.0 Å². The number of ether oxygens (including phenoxy) is 2. The number of fused-ring (bicyclic) bond motifs is 2. The van der Waals surface area contributed by atoms with E-state index >= 15 is 0 Å². The van der Waals surface area contributed by atoms with E-state index in [1.54, 1.807) is 43.3 Å². The number of carbonyl (C=O) groups excluding carboxylic acids is 2. The third kappa shape index (κ3) is 4.47. The Kier molecular flexibility index (Phi) is 7.12. The smallest absolute Gasteiger partial charge is 0.301 e. The van der Waals surface area contributed by atoms with E-state index in [4.69, 9.17) is 21.1 Å². The van der Waals surface area contributed by atoms with Crippen LogP contribution in [0.4, 0.5) is 5.13 Å². The van der Waals surface area contributed by atoms with Crippen molar-refractivity contribution in [2.45, 2.75) is 33.7 Å². The standard InChI is InChI=1S/C31H27ClN4O5S/c1-5-40-21-12-9-18(14-22(21)41-6-2)26-24(27(37)25-17(4)35-13-7-8-16(3)29(35)34-25)28(38)30(39)36(26)31-33-20-11-10-19(32)15-23(20)42-31/h7-15,26,37H,5-6H2,1-4H3/b27-24+. The Morgan fingerprint density at radius 2 is 1.79 bits per heavy atom. The normalized spacial score (nSPS) is 16.6. The molecule has 1 fully saturated rings. The summed E-state index contributed by atoms with van der Waals surface area (Å²) in [5.41, 5.74) is 3.48. The number of thiazole rings is 1. The van der Waals surface area contributed by atoms with E-state index < -0.39 is 17.7 Å². The maximum absolute atomic E-state index is 13.8. The first-order valence-electron chi connectivity index (χ1n) is 13.4. The van der Waals surface area contributed by atoms with E-state index in [1.165, 1.54) is 16.2 Å². The Balaban J connectivity index is 1.60. The second-order valence-electron chi connectivity index (χ2n) is 9.78. The number of carbonyl (C=O) groups is 2. The number of nitrogens with zero attached hydrogens (tertiary/aromatic N) is 4. The van der Waals surface area contributed by atoms with Gasteiger partial charge in [0.25, 0.3) is 5.78 Å². The van der Waals surface area contributed by atoms with Crippen LogP contribution in [-0.2, 0) is 9.59 Å². The number of rotatable bonds is 7. The van der Waals surface area contributed by atoms with Crippen molar-refractivity contribution in [3.05, 3.63) is 87.8 Å². The minimum absolute atomic E-state index is 0.0898. The van der Waals surface area contributed by atoms with Crippen LogP contribution in [0.1, 0.15) is 42.4 Å². The minimum Gasteiger partial charge on any atom is -0.505 e. The first-order chi connectivity index (χ1) is 20.2. The van der Waals surface area contributed by atoms with Crippen LogP contribution in [0.2, 0.25) is 5.02 Å². The fourth-order valence-corrected chi connectivity index (χ4v) is 6.51. The maximum atomic E-state index is 13.8. The monoisotopic (exact) mass is 602 g/mol. The second kappa shape index (κ2) is 10.8. The quantitative estimate of drug-likeness (QED) is 0.126. The van der Waals surface area contributed by atoms with Crippen LogP contribution in [0.15, 0.2) is 60.3 Å². The van der Waals surface area contributed by atoms with Gasteiger partial charge in [-0.3, -0.25) is 14.5 Å². The summed E-state index contributed by atoms with van der Waals surface area (Å²) in [6.45, 7) is 8.26. The van der Waals surface area contributed by atoms with Gasteiger partial charge in [0.15, 0.2) is 22.4 Å². The molecule has 1 aliphatic rings. The molecule has 9 nitrogen and oxygen atoms in total. The fourth-order valence-electron chi connectivity index (χ4n) is 5.25. The zero-order chi connectivity index (χ0) is 29.7. The highest BCUT2D eigenvalue weighted by Gasteiger charge is 2.49. The van der Waals surface area contributed by atoms with Crippen molar-refractivity contribution in [2.75, 3.05) is 18.1 Å². The number of hydrogen-bond donors (Lipinski definition) is 1. The van der Waals surface area contributed by atoms with Crippen molar-refractivity contribution >= 4 is 61.4 Å². The molecule has 6 rings (SSSR count). The summed E-state index contributed by atoms with van der Waals surface area (Å²) < 4.78 is 14.2. The largest absolute Gasteiger partial charge is 0.505 e. The van der Waals surface area contributed by atoms with Gasteiger partial charge in [0.05, 0.1) is 40.7 Å². The van der Waals surface area contributed by atoms with Crippen molar-refractivity contribution in [2.24, 2.45) is 0 Å². The van der Waals surface area contributed by atoms with E-state index in [-0.39, 0.29) is 17.0 Å². The molecule has 1 aliphatic heterocycles. The highest BCUT2D eigenvalue weighted by atomic mass is 35.5. The molecule has 1 atom stereocenters. The molecular weight excluding hydrogens is 576 g/mol. The molecular formula is C31H27ClN4O5S. The molecule has 42 heavy (non-hydrogen) atoms. The Labute approximate surface area is 250 Å². The number of hydrogen-bond acceptors (Lipinski definition) is 8. The number of imidazole rings is 1. The lowest BCUT2D eigenvalue weighted by Gasteiger charge is -2.24. The van der Waals surface area contributed by atoms with Crippen LogP contribution in [0.25, 0.3) is 21.6 Å². The molecule has 2 aromatic carbocycles. The van der Waals surface area contributed by atoms with Gasteiger partial charge in [-0.1, -0.05) is 35.1 Å². The first kappa shape index (κ1) is 27.7. The van der Waals surface area contributed by atoms with E-state index in [2.05, 4.69) is 9.97 Å². The van der Waals surface area contributed by atoms with Crippen LogP contribution in [0.5, 0.6) is 11.5 Å². The molecule has 214 valence electrons. The summed E-state index contributed by atoms with van der Waals surface area (Å²) in [6, 6.07) is 13.3. The van der Waals surface area contributed by atoms with E-state index in [0.717, 1.165) is 10.3 Å². The summed E-state index contributed by atoms with van der Waals surface area (Å²) >= 11 is 7.45. The van der Waals surface area contributed by atoms with Gasteiger partial charge in [0.1, 0.15) is 11.3 Å². The van der Waals surface area contributed by atoms with Crippen molar-refractivity contribution in [3.8, 4) is 11.5 Å². The molecule has 5 aromatic rings. The Hall–Kier alpha value is -4.41. The number of aliphatic hydroxyl groups excluding tert-OH is 1. The van der Waals surface area contributed by atoms with Crippen molar-refractivity contribution in [1.82, 2.24) is 14.4 Å². The van der Waals surface area contributed by atoms with Crippen molar-refractivity contribution in [3.63, 3.8) is 0 Å². The molecule has 3 aromatic heterocycles. The maximum Gasteiger partial charge on any atom is 0.301 e. The number of anilines is 1. The second-order valence-corrected chi connectivity index (χ2v) is 11.2. The molecule has 4 heterocycles. The molecule has 1 saturated heterocycles. The van der Waals surface area contributed by atoms with Crippen molar-refractivity contribution < 1.29 is 24.2 Å². The summed E-state index contributed by atoms with van der Waals surface area (Å²) in [5, 5.41) is 12.6. The topological polar surface area (TPSA) is 106 Å². The van der Waals surface area contributed by atoms with Gasteiger partial charge in [0.2, 0.25) is 0 Å². The van der Waals surface area contributed by atoms with Crippen LogP contribution in [0, 0.1) is 13.8 Å². The molecule has 0 bridgehead atoms. The number of halogens is 1. The van der Waals surface area contributed by atoms with Gasteiger partial charge in [-0.25, -0.2) is 9.97 Å². The zero-order valence-corrected chi connectivity index (χ0v) is 24.9. The Bertz CT molecular complexity index is 1930. The third-order valence-electron chi connectivity index (χ3n) is 7.18. The van der Waals surface area contributed by atoms with Crippen LogP contribution in [0.3, 0.4) is 0 Å². The number of aryl methyl sites for hydroxylation is 2. The summed E-state index contributed by atoms with van der Waals surface area (Å²) in [7, 11) is 0. The van der Waals surface area contributed by atoms with Crippen LogP contribution < -0.4 is 14.4 Å². The lowest BCUT2D eigenvalue weighted by Crippen LogP contribution is -2.29. The van der Waals surface area contributed by atoms with Gasteiger partial charge >= 0.3 is 5.91 Å². The van der Waals surface area contributed by atoms with E-state index in [9.17, 15) is 14.7 Å². The average molecular weight is 603 g/mol. The predicted octanol–water partition coefficient (Wildman–Crippen LogP) is 6.64. The number of aliphatic hydroxyl groups is 1. The van der Waals surface area contributed by atoms with Gasteiger partial charge in [-0.05, 0) is 75.2 Å². The Morgan fingerprint density at radius 1 is 1.02 bits per heavy atom. The lowest BCUT2D eigenvalue weighted by atomic mass is 9.96. The third-order valence-corrected chi connectivity index (χ3v) is 8.43. The molecule has 11 heteroatoms. The number of amides is 1.